The molecular formula is C11H18N2O6S. The fraction of sp³-hybridized carbons (Fsp3) is 0.545. The first kappa shape index (κ1) is 16.6. The van der Waals surface area contributed by atoms with Crippen molar-refractivity contribution in [2.45, 2.75) is 5.09 Å². The Kier molecular flexibility index (Phi) is 5.69. The molecule has 0 aliphatic rings. The molecule has 1 rings (SSSR count). The van der Waals surface area contributed by atoms with Crippen LogP contribution in [0.15, 0.2) is 21.6 Å². The fourth-order valence-corrected chi connectivity index (χ4v) is 2.26. The van der Waals surface area contributed by atoms with Gasteiger partial charge in [0.1, 0.15) is 0 Å². The number of hydrogen-bond donors (Lipinski definition) is 2. The lowest BCUT2D eigenvalue weighted by Crippen LogP contribution is -2.35. The quantitative estimate of drug-likeness (QED) is 0.665. The van der Waals surface area contributed by atoms with Crippen LogP contribution in [-0.4, -0.2) is 74.1 Å². The number of carbonyl (C=O) groups is 1. The first-order valence-electron chi connectivity index (χ1n) is 5.88. The van der Waals surface area contributed by atoms with Gasteiger partial charge in [-0.1, -0.05) is 0 Å². The van der Waals surface area contributed by atoms with Crippen LogP contribution in [0.4, 0.5) is 0 Å². The summed E-state index contributed by atoms with van der Waals surface area (Å²) in [6.07, 6.45) is 0. The van der Waals surface area contributed by atoms with Crippen molar-refractivity contribution in [3.8, 4) is 0 Å². The summed E-state index contributed by atoms with van der Waals surface area (Å²) < 4.78 is 29.7. The van der Waals surface area contributed by atoms with Gasteiger partial charge in [0, 0.05) is 27.2 Å². The summed E-state index contributed by atoms with van der Waals surface area (Å²) in [6, 6.07) is 2.44. The van der Waals surface area contributed by atoms with E-state index in [0.29, 0.717) is 0 Å². The highest BCUT2D eigenvalue weighted by Crippen LogP contribution is 2.18. The molecule has 2 N–H and O–H groups in total. The van der Waals surface area contributed by atoms with E-state index in [1.165, 1.54) is 31.1 Å². The van der Waals surface area contributed by atoms with Gasteiger partial charge in [-0.05, 0) is 12.1 Å². The third kappa shape index (κ3) is 3.57. The van der Waals surface area contributed by atoms with Crippen molar-refractivity contribution in [3.63, 3.8) is 0 Å². The predicted molar refractivity (Wildman–Crippen MR) is 69.7 cm³/mol. The highest BCUT2D eigenvalue weighted by molar-refractivity contribution is 7.88. The van der Waals surface area contributed by atoms with E-state index in [2.05, 4.69) is 0 Å². The number of amides is 1. The number of nitrogens with zero attached hydrogens (tertiary/aromatic N) is 2. The molecule has 0 bridgehead atoms. The van der Waals surface area contributed by atoms with Crippen molar-refractivity contribution in [3.05, 3.63) is 17.9 Å². The standard InChI is InChI=1S/C11H18N2O6S/c1-12(2)20(17,18)10-4-3-9(19-10)11(16)13(5-7-14)6-8-15/h3-4,14-15H,5-8H2,1-2H3. The predicted octanol–water partition coefficient (Wildman–Crippen LogP) is -1.04. The molecule has 0 fully saturated rings. The van der Waals surface area contributed by atoms with Crippen LogP contribution < -0.4 is 0 Å². The molecule has 0 aliphatic heterocycles. The number of carbonyl (C=O) groups excluding carboxylic acids is 1. The number of sulfonamides is 1. The minimum Gasteiger partial charge on any atom is -0.438 e. The van der Waals surface area contributed by atoms with Crippen LogP contribution in [0.25, 0.3) is 0 Å². The molecule has 0 unspecified atom stereocenters. The van der Waals surface area contributed by atoms with Gasteiger partial charge in [0.2, 0.25) is 5.09 Å². The van der Waals surface area contributed by atoms with Gasteiger partial charge in [0.25, 0.3) is 15.9 Å². The molecule has 0 radical (unpaired) electrons. The Balaban J connectivity index is 2.99. The topological polar surface area (TPSA) is 111 Å². The van der Waals surface area contributed by atoms with Crippen molar-refractivity contribution in [1.29, 1.82) is 0 Å². The Morgan fingerprint density at radius 1 is 1.20 bits per heavy atom. The van der Waals surface area contributed by atoms with Gasteiger partial charge in [-0.25, -0.2) is 12.7 Å². The molecule has 0 atom stereocenters. The lowest BCUT2D eigenvalue weighted by Gasteiger charge is -2.19. The lowest BCUT2D eigenvalue weighted by molar-refractivity contribution is 0.0648. The van der Waals surface area contributed by atoms with Crippen LogP contribution in [0.5, 0.6) is 0 Å². The molecule has 1 aromatic heterocycles. The van der Waals surface area contributed by atoms with E-state index in [0.717, 1.165) is 4.31 Å². The zero-order valence-corrected chi connectivity index (χ0v) is 12.1. The smallest absolute Gasteiger partial charge is 0.289 e. The van der Waals surface area contributed by atoms with Crippen LogP contribution in [0.3, 0.4) is 0 Å². The first-order chi connectivity index (χ1) is 9.34. The Morgan fingerprint density at radius 3 is 2.20 bits per heavy atom. The maximum Gasteiger partial charge on any atom is 0.289 e. The number of furan rings is 1. The van der Waals surface area contributed by atoms with Crippen molar-refractivity contribution in [2.75, 3.05) is 40.4 Å². The van der Waals surface area contributed by atoms with Crippen LogP contribution >= 0.6 is 0 Å². The molecule has 1 amide bonds. The molecule has 20 heavy (non-hydrogen) atoms. The fourth-order valence-electron chi connectivity index (χ4n) is 1.47. The maximum atomic E-state index is 12.0. The lowest BCUT2D eigenvalue weighted by atomic mass is 10.3. The number of aliphatic hydroxyl groups excluding tert-OH is 2. The van der Waals surface area contributed by atoms with E-state index in [-0.39, 0.29) is 37.2 Å². The second-order valence-electron chi connectivity index (χ2n) is 4.15. The average Bonchev–Trinajstić information content (AvgIpc) is 2.87. The summed E-state index contributed by atoms with van der Waals surface area (Å²) in [6.45, 7) is -0.490. The molecule has 0 spiro atoms. The Morgan fingerprint density at radius 2 is 1.75 bits per heavy atom. The summed E-state index contributed by atoms with van der Waals surface area (Å²) in [5, 5.41) is 17.4. The van der Waals surface area contributed by atoms with E-state index in [4.69, 9.17) is 14.6 Å². The zero-order valence-electron chi connectivity index (χ0n) is 11.3. The van der Waals surface area contributed by atoms with Crippen molar-refractivity contribution in [2.24, 2.45) is 0 Å². The third-order valence-corrected chi connectivity index (χ3v) is 4.24. The Bertz CT molecular complexity index is 545. The molecule has 0 aliphatic carbocycles. The summed E-state index contributed by atoms with van der Waals surface area (Å²) in [5.41, 5.74) is 0. The van der Waals surface area contributed by atoms with Crippen molar-refractivity contribution < 1.29 is 27.8 Å². The Labute approximate surface area is 117 Å². The van der Waals surface area contributed by atoms with Gasteiger partial charge in [-0.15, -0.1) is 0 Å². The SMILES string of the molecule is CN(C)S(=O)(=O)c1ccc(C(=O)N(CCO)CCO)o1. The van der Waals surface area contributed by atoms with Gasteiger partial charge in [0.05, 0.1) is 13.2 Å². The summed E-state index contributed by atoms with van der Waals surface area (Å²) in [4.78, 5) is 13.2. The van der Waals surface area contributed by atoms with Gasteiger partial charge in [-0.3, -0.25) is 4.79 Å². The number of aliphatic hydroxyl groups is 2. The molecule has 0 saturated heterocycles. The minimum absolute atomic E-state index is 0.0237. The molecule has 1 heterocycles. The third-order valence-electron chi connectivity index (χ3n) is 2.55. The summed E-state index contributed by atoms with van der Waals surface area (Å²) in [5.74, 6) is -0.749. The van der Waals surface area contributed by atoms with E-state index in [1.54, 1.807) is 0 Å². The average molecular weight is 306 g/mol. The van der Waals surface area contributed by atoms with Gasteiger partial charge >= 0.3 is 0 Å². The molecular weight excluding hydrogens is 288 g/mol. The molecule has 9 heteroatoms. The molecule has 0 aromatic carbocycles. The molecule has 1 aromatic rings. The highest BCUT2D eigenvalue weighted by Gasteiger charge is 2.25. The van der Waals surface area contributed by atoms with Gasteiger partial charge < -0.3 is 19.5 Å². The maximum absolute atomic E-state index is 12.0. The van der Waals surface area contributed by atoms with E-state index < -0.39 is 15.9 Å². The van der Waals surface area contributed by atoms with E-state index in [9.17, 15) is 13.2 Å². The van der Waals surface area contributed by atoms with Gasteiger partial charge in [0.15, 0.2) is 5.76 Å². The van der Waals surface area contributed by atoms with Crippen molar-refractivity contribution >= 4 is 15.9 Å². The van der Waals surface area contributed by atoms with E-state index in [1.807, 2.05) is 0 Å². The van der Waals surface area contributed by atoms with Gasteiger partial charge in [-0.2, -0.15) is 0 Å². The second kappa shape index (κ2) is 6.84. The largest absolute Gasteiger partial charge is 0.438 e. The first-order valence-corrected chi connectivity index (χ1v) is 7.32. The zero-order chi connectivity index (χ0) is 15.3. The molecule has 0 saturated carbocycles. The summed E-state index contributed by atoms with van der Waals surface area (Å²) in [7, 11) is -1.04. The number of rotatable bonds is 7. The minimum atomic E-state index is -3.74. The van der Waals surface area contributed by atoms with Crippen LogP contribution in [-0.2, 0) is 10.0 Å². The highest BCUT2D eigenvalue weighted by atomic mass is 32.2. The monoisotopic (exact) mass is 306 g/mol. The number of hydrogen-bond acceptors (Lipinski definition) is 6. The van der Waals surface area contributed by atoms with E-state index >= 15 is 0 Å². The molecule has 114 valence electrons. The normalized spacial score (nSPS) is 11.8. The van der Waals surface area contributed by atoms with Crippen LogP contribution in [0, 0.1) is 0 Å². The summed E-state index contributed by atoms with van der Waals surface area (Å²) >= 11 is 0. The Hall–Kier alpha value is -1.42. The second-order valence-corrected chi connectivity index (χ2v) is 6.23. The van der Waals surface area contributed by atoms with Crippen LogP contribution in [0.2, 0.25) is 0 Å². The molecule has 8 nitrogen and oxygen atoms in total. The van der Waals surface area contributed by atoms with Crippen molar-refractivity contribution in [1.82, 2.24) is 9.21 Å². The van der Waals surface area contributed by atoms with Crippen LogP contribution in [0.1, 0.15) is 10.6 Å².